The Bertz CT molecular complexity index is 723. The van der Waals surface area contributed by atoms with Crippen molar-refractivity contribution in [2.24, 2.45) is 5.92 Å². The highest BCUT2D eigenvalue weighted by atomic mass is 19.1. The van der Waals surface area contributed by atoms with Crippen LogP contribution in [-0.2, 0) is 0 Å². The van der Waals surface area contributed by atoms with Crippen LogP contribution in [0.4, 0.5) is 14.5 Å². The van der Waals surface area contributed by atoms with Gasteiger partial charge in [-0.15, -0.1) is 0 Å². The van der Waals surface area contributed by atoms with Gasteiger partial charge >= 0.3 is 0 Å². The largest absolute Gasteiger partial charge is 0.352 e. The van der Waals surface area contributed by atoms with Crippen molar-refractivity contribution in [3.05, 3.63) is 65.2 Å². The van der Waals surface area contributed by atoms with Crippen LogP contribution in [0.3, 0.4) is 0 Å². The number of carbonyl (C=O) groups is 2. The molecule has 0 bridgehead atoms. The molecule has 24 heavy (non-hydrogen) atoms. The zero-order chi connectivity index (χ0) is 17.7. The van der Waals surface area contributed by atoms with Crippen molar-refractivity contribution in [2.75, 3.05) is 11.9 Å². The summed E-state index contributed by atoms with van der Waals surface area (Å²) < 4.78 is 26.3. The lowest BCUT2D eigenvalue weighted by Gasteiger charge is -2.09. The Morgan fingerprint density at radius 1 is 0.917 bits per heavy atom. The highest BCUT2D eigenvalue weighted by Gasteiger charge is 2.11. The molecule has 0 saturated carbocycles. The number of amides is 2. The van der Waals surface area contributed by atoms with Gasteiger partial charge in [0.2, 0.25) is 0 Å². The van der Waals surface area contributed by atoms with Gasteiger partial charge in [0.05, 0.1) is 0 Å². The molecule has 0 unspecified atom stereocenters. The highest BCUT2D eigenvalue weighted by Crippen LogP contribution is 2.13. The summed E-state index contributed by atoms with van der Waals surface area (Å²) in [5.74, 6) is -2.13. The lowest BCUT2D eigenvalue weighted by Crippen LogP contribution is -2.27. The van der Waals surface area contributed by atoms with Gasteiger partial charge in [-0.1, -0.05) is 13.8 Å². The predicted octanol–water partition coefficient (Wildman–Crippen LogP) is 3.60. The molecule has 0 heterocycles. The summed E-state index contributed by atoms with van der Waals surface area (Å²) in [6, 6.07) is 8.84. The van der Waals surface area contributed by atoms with Crippen LogP contribution in [0, 0.1) is 17.6 Å². The van der Waals surface area contributed by atoms with Crippen molar-refractivity contribution in [2.45, 2.75) is 13.8 Å². The van der Waals surface area contributed by atoms with E-state index in [1.165, 1.54) is 0 Å². The van der Waals surface area contributed by atoms with Crippen molar-refractivity contribution in [3.63, 3.8) is 0 Å². The van der Waals surface area contributed by atoms with E-state index in [0.29, 0.717) is 29.8 Å². The first kappa shape index (κ1) is 17.6. The Balaban J connectivity index is 2.03. The molecule has 0 aliphatic carbocycles. The number of nitrogens with one attached hydrogen (secondary N) is 2. The first-order valence-electron chi connectivity index (χ1n) is 7.51. The van der Waals surface area contributed by atoms with Crippen molar-refractivity contribution in [1.82, 2.24) is 5.32 Å². The van der Waals surface area contributed by atoms with Gasteiger partial charge in [-0.3, -0.25) is 9.59 Å². The third-order valence-electron chi connectivity index (χ3n) is 3.20. The predicted molar refractivity (Wildman–Crippen MR) is 87.9 cm³/mol. The molecule has 2 aromatic carbocycles. The monoisotopic (exact) mass is 332 g/mol. The van der Waals surface area contributed by atoms with Gasteiger partial charge < -0.3 is 10.6 Å². The third-order valence-corrected chi connectivity index (χ3v) is 3.20. The fraction of sp³-hybridized carbons (Fsp3) is 0.222. The van der Waals surface area contributed by atoms with Gasteiger partial charge in [0, 0.05) is 29.4 Å². The van der Waals surface area contributed by atoms with Crippen LogP contribution in [0.5, 0.6) is 0 Å². The van der Waals surface area contributed by atoms with Gasteiger partial charge in [-0.2, -0.15) is 0 Å². The van der Waals surface area contributed by atoms with Gasteiger partial charge in [0.15, 0.2) is 0 Å². The van der Waals surface area contributed by atoms with Crippen molar-refractivity contribution in [1.29, 1.82) is 0 Å². The third kappa shape index (κ3) is 4.87. The number of benzene rings is 2. The van der Waals surface area contributed by atoms with E-state index in [1.54, 1.807) is 24.3 Å². The Kier molecular flexibility index (Phi) is 5.63. The van der Waals surface area contributed by atoms with Crippen LogP contribution in [0.25, 0.3) is 0 Å². The maximum atomic E-state index is 13.1. The van der Waals surface area contributed by atoms with Gasteiger partial charge in [0.25, 0.3) is 11.8 Å². The molecule has 0 aromatic heterocycles. The van der Waals surface area contributed by atoms with Crippen LogP contribution in [0.2, 0.25) is 0 Å². The second-order valence-electron chi connectivity index (χ2n) is 5.79. The lowest BCUT2D eigenvalue weighted by atomic mass is 10.1. The molecule has 2 rings (SSSR count). The molecule has 4 nitrogen and oxygen atoms in total. The van der Waals surface area contributed by atoms with E-state index in [4.69, 9.17) is 0 Å². The summed E-state index contributed by atoms with van der Waals surface area (Å²) >= 11 is 0. The maximum Gasteiger partial charge on any atom is 0.255 e. The normalized spacial score (nSPS) is 10.5. The number of rotatable bonds is 5. The van der Waals surface area contributed by atoms with E-state index < -0.39 is 17.5 Å². The SMILES string of the molecule is CC(C)CNC(=O)c1ccc(NC(=O)c2cc(F)cc(F)c2)cc1. The molecular weight excluding hydrogens is 314 g/mol. The Hall–Kier alpha value is -2.76. The van der Waals surface area contributed by atoms with Gasteiger partial charge in [0.1, 0.15) is 11.6 Å². The summed E-state index contributed by atoms with van der Waals surface area (Å²) in [7, 11) is 0. The van der Waals surface area contributed by atoms with E-state index >= 15 is 0 Å². The minimum atomic E-state index is -0.822. The van der Waals surface area contributed by atoms with Crippen molar-refractivity contribution < 1.29 is 18.4 Å². The van der Waals surface area contributed by atoms with Crippen LogP contribution in [-0.4, -0.2) is 18.4 Å². The number of anilines is 1. The van der Waals surface area contributed by atoms with Gasteiger partial charge in [-0.25, -0.2) is 8.78 Å². The summed E-state index contributed by atoms with van der Waals surface area (Å²) in [5.41, 5.74) is 0.766. The molecule has 6 heteroatoms. The Labute approximate surface area is 138 Å². The molecular formula is C18H18F2N2O2. The Morgan fingerprint density at radius 2 is 1.50 bits per heavy atom. The molecule has 0 saturated heterocycles. The van der Waals surface area contributed by atoms with Gasteiger partial charge in [-0.05, 0) is 42.3 Å². The summed E-state index contributed by atoms with van der Waals surface area (Å²) in [6.45, 7) is 4.56. The topological polar surface area (TPSA) is 58.2 Å². The quantitative estimate of drug-likeness (QED) is 0.879. The zero-order valence-corrected chi connectivity index (χ0v) is 13.4. The smallest absolute Gasteiger partial charge is 0.255 e. The van der Waals surface area contributed by atoms with E-state index in [1.807, 2.05) is 13.8 Å². The maximum absolute atomic E-state index is 13.1. The number of hydrogen-bond acceptors (Lipinski definition) is 2. The zero-order valence-electron chi connectivity index (χ0n) is 13.4. The first-order chi connectivity index (χ1) is 11.3. The summed E-state index contributed by atoms with van der Waals surface area (Å²) in [5, 5.41) is 5.31. The lowest BCUT2D eigenvalue weighted by molar-refractivity contribution is 0.0948. The molecule has 2 amide bonds. The molecule has 0 radical (unpaired) electrons. The minimum absolute atomic E-state index is 0.119. The highest BCUT2D eigenvalue weighted by molar-refractivity contribution is 6.04. The molecule has 0 fully saturated rings. The number of halogens is 2. The molecule has 0 spiro atoms. The summed E-state index contributed by atoms with van der Waals surface area (Å²) in [6.07, 6.45) is 0. The number of carbonyl (C=O) groups excluding carboxylic acids is 2. The average Bonchev–Trinajstić information content (AvgIpc) is 2.52. The fourth-order valence-corrected chi connectivity index (χ4v) is 1.99. The molecule has 126 valence electrons. The average molecular weight is 332 g/mol. The minimum Gasteiger partial charge on any atom is -0.352 e. The molecule has 2 aromatic rings. The molecule has 0 aliphatic heterocycles. The van der Waals surface area contributed by atoms with Crippen molar-refractivity contribution in [3.8, 4) is 0 Å². The van der Waals surface area contributed by atoms with Crippen LogP contribution in [0.1, 0.15) is 34.6 Å². The van der Waals surface area contributed by atoms with Crippen LogP contribution < -0.4 is 10.6 Å². The first-order valence-corrected chi connectivity index (χ1v) is 7.51. The molecule has 2 N–H and O–H groups in total. The standard InChI is InChI=1S/C18H18F2N2O2/c1-11(2)10-21-17(23)12-3-5-16(6-4-12)22-18(24)13-7-14(19)9-15(20)8-13/h3-9,11H,10H2,1-2H3,(H,21,23)(H,22,24). The van der Waals surface area contributed by atoms with E-state index in [-0.39, 0.29) is 11.5 Å². The van der Waals surface area contributed by atoms with E-state index in [9.17, 15) is 18.4 Å². The second-order valence-corrected chi connectivity index (χ2v) is 5.79. The van der Waals surface area contributed by atoms with E-state index in [2.05, 4.69) is 10.6 Å². The molecule has 0 aliphatic rings. The number of hydrogen-bond donors (Lipinski definition) is 2. The Morgan fingerprint density at radius 3 is 2.04 bits per heavy atom. The second kappa shape index (κ2) is 7.68. The fourth-order valence-electron chi connectivity index (χ4n) is 1.99. The molecule has 0 atom stereocenters. The van der Waals surface area contributed by atoms with E-state index in [0.717, 1.165) is 12.1 Å². The summed E-state index contributed by atoms with van der Waals surface area (Å²) in [4.78, 5) is 23.9. The van der Waals surface area contributed by atoms with Crippen LogP contribution in [0.15, 0.2) is 42.5 Å². The van der Waals surface area contributed by atoms with Crippen molar-refractivity contribution >= 4 is 17.5 Å². The van der Waals surface area contributed by atoms with Crippen LogP contribution >= 0.6 is 0 Å².